The van der Waals surface area contributed by atoms with Crippen LogP contribution in [0.2, 0.25) is 0 Å². The largest absolute Gasteiger partial charge is 0.373 e. The first-order valence-electron chi connectivity index (χ1n) is 6.43. The van der Waals surface area contributed by atoms with Gasteiger partial charge < -0.3 is 10.2 Å². The molecule has 1 saturated carbocycles. The predicted octanol–water partition coefficient (Wildman–Crippen LogP) is 2.45. The van der Waals surface area contributed by atoms with Gasteiger partial charge in [0.25, 0.3) is 0 Å². The van der Waals surface area contributed by atoms with E-state index in [2.05, 4.69) is 27.2 Å². The quantitative estimate of drug-likeness (QED) is 0.869. The first-order chi connectivity index (χ1) is 8.19. The third kappa shape index (κ3) is 3.08. The number of aryl methyl sites for hydroxylation is 1. The molecule has 1 aliphatic rings. The molecule has 1 aromatic heterocycles. The Labute approximate surface area is 103 Å². The number of rotatable bonds is 4. The van der Waals surface area contributed by atoms with Gasteiger partial charge >= 0.3 is 0 Å². The van der Waals surface area contributed by atoms with Crippen molar-refractivity contribution in [2.45, 2.75) is 32.6 Å². The van der Waals surface area contributed by atoms with Gasteiger partial charge in [-0.15, -0.1) is 0 Å². The Hall–Kier alpha value is -1.32. The van der Waals surface area contributed by atoms with Crippen LogP contribution in [0.1, 0.15) is 31.5 Å². The Bertz CT molecular complexity index is 372. The molecule has 94 valence electrons. The summed E-state index contributed by atoms with van der Waals surface area (Å²) in [6, 6.07) is 2.02. The van der Waals surface area contributed by atoms with E-state index in [1.165, 1.54) is 25.7 Å². The summed E-state index contributed by atoms with van der Waals surface area (Å²) < 4.78 is 0. The van der Waals surface area contributed by atoms with E-state index in [1.54, 1.807) is 0 Å². The maximum Gasteiger partial charge on any atom is 0.134 e. The van der Waals surface area contributed by atoms with Crippen molar-refractivity contribution >= 4 is 11.6 Å². The highest BCUT2D eigenvalue weighted by atomic mass is 15.2. The fourth-order valence-corrected chi connectivity index (χ4v) is 2.55. The number of hydrogen-bond acceptors (Lipinski definition) is 4. The molecule has 0 aliphatic heterocycles. The second kappa shape index (κ2) is 5.34. The molecule has 0 amide bonds. The van der Waals surface area contributed by atoms with E-state index in [1.807, 2.05) is 20.0 Å². The third-order valence-corrected chi connectivity index (χ3v) is 3.48. The molecule has 1 N–H and O–H groups in total. The normalized spacial score (nSPS) is 16.2. The van der Waals surface area contributed by atoms with E-state index in [4.69, 9.17) is 0 Å². The van der Waals surface area contributed by atoms with E-state index in [-0.39, 0.29) is 0 Å². The van der Waals surface area contributed by atoms with E-state index in [9.17, 15) is 0 Å². The Morgan fingerprint density at radius 3 is 2.71 bits per heavy atom. The molecule has 0 atom stereocenters. The minimum atomic E-state index is 0.824. The summed E-state index contributed by atoms with van der Waals surface area (Å²) in [6.07, 6.45) is 5.52. The molecule has 1 heterocycles. The van der Waals surface area contributed by atoms with Crippen molar-refractivity contribution in [1.82, 2.24) is 9.97 Å². The van der Waals surface area contributed by atoms with Crippen molar-refractivity contribution in [3.05, 3.63) is 11.9 Å². The summed E-state index contributed by atoms with van der Waals surface area (Å²) in [6.45, 7) is 3.05. The molecule has 17 heavy (non-hydrogen) atoms. The number of nitrogens with zero attached hydrogens (tertiary/aromatic N) is 3. The van der Waals surface area contributed by atoms with Gasteiger partial charge in [0, 0.05) is 26.7 Å². The average molecular weight is 234 g/mol. The molecule has 1 aliphatic carbocycles. The summed E-state index contributed by atoms with van der Waals surface area (Å²) in [4.78, 5) is 11.1. The molecule has 0 bridgehead atoms. The number of hydrogen-bond donors (Lipinski definition) is 1. The van der Waals surface area contributed by atoms with Crippen LogP contribution in [0.5, 0.6) is 0 Å². The minimum Gasteiger partial charge on any atom is -0.373 e. The van der Waals surface area contributed by atoms with Crippen molar-refractivity contribution in [1.29, 1.82) is 0 Å². The second-order valence-corrected chi connectivity index (χ2v) is 4.94. The molecule has 0 radical (unpaired) electrons. The molecule has 0 saturated heterocycles. The van der Waals surface area contributed by atoms with Gasteiger partial charge in [-0.05, 0) is 25.7 Å². The minimum absolute atomic E-state index is 0.824. The predicted molar refractivity (Wildman–Crippen MR) is 71.5 cm³/mol. The van der Waals surface area contributed by atoms with E-state index < -0.39 is 0 Å². The van der Waals surface area contributed by atoms with Crippen molar-refractivity contribution in [3.8, 4) is 0 Å². The molecule has 4 nitrogen and oxygen atoms in total. The topological polar surface area (TPSA) is 41.0 Å². The van der Waals surface area contributed by atoms with Crippen LogP contribution in [0, 0.1) is 12.8 Å². The van der Waals surface area contributed by atoms with Gasteiger partial charge in [0.15, 0.2) is 0 Å². The molecular weight excluding hydrogens is 212 g/mol. The van der Waals surface area contributed by atoms with Crippen LogP contribution in [0.15, 0.2) is 6.07 Å². The molecule has 0 aromatic carbocycles. The van der Waals surface area contributed by atoms with Gasteiger partial charge in [-0.3, -0.25) is 0 Å². The van der Waals surface area contributed by atoms with Crippen LogP contribution in [0.3, 0.4) is 0 Å². The number of aromatic nitrogens is 2. The van der Waals surface area contributed by atoms with Gasteiger partial charge in [0.2, 0.25) is 0 Å². The summed E-state index contributed by atoms with van der Waals surface area (Å²) >= 11 is 0. The smallest absolute Gasteiger partial charge is 0.134 e. The Balaban J connectivity index is 2.06. The fourth-order valence-electron chi connectivity index (χ4n) is 2.55. The summed E-state index contributed by atoms with van der Waals surface area (Å²) in [5, 5.41) is 3.08. The summed E-state index contributed by atoms with van der Waals surface area (Å²) in [5.41, 5.74) is 0. The van der Waals surface area contributed by atoms with Crippen LogP contribution in [-0.2, 0) is 0 Å². The lowest BCUT2D eigenvalue weighted by molar-refractivity contribution is 0.544. The number of nitrogens with one attached hydrogen (secondary N) is 1. The molecule has 4 heteroatoms. The van der Waals surface area contributed by atoms with Crippen LogP contribution < -0.4 is 10.2 Å². The van der Waals surface area contributed by atoms with Crippen molar-refractivity contribution in [3.63, 3.8) is 0 Å². The zero-order chi connectivity index (χ0) is 12.3. The van der Waals surface area contributed by atoms with Crippen molar-refractivity contribution in [2.75, 3.05) is 30.9 Å². The monoisotopic (exact) mass is 234 g/mol. The summed E-state index contributed by atoms with van der Waals surface area (Å²) in [5.74, 6) is 3.58. The van der Waals surface area contributed by atoms with Crippen molar-refractivity contribution < 1.29 is 0 Å². The molecule has 1 fully saturated rings. The molecule has 1 aromatic rings. The lowest BCUT2D eigenvalue weighted by atomic mass is 10.1. The van der Waals surface area contributed by atoms with E-state index >= 15 is 0 Å². The lowest BCUT2D eigenvalue weighted by Gasteiger charge is -2.22. The Kier molecular flexibility index (Phi) is 3.82. The zero-order valence-corrected chi connectivity index (χ0v) is 11.0. The van der Waals surface area contributed by atoms with Crippen LogP contribution in [-0.4, -0.2) is 30.6 Å². The highest BCUT2D eigenvalue weighted by molar-refractivity contribution is 5.48. The van der Waals surface area contributed by atoms with Crippen molar-refractivity contribution in [2.24, 2.45) is 5.92 Å². The lowest BCUT2D eigenvalue weighted by Crippen LogP contribution is -2.25. The SMILES string of the molecule is CNc1cc(N(C)CC2CCCC2)nc(C)n1. The average Bonchev–Trinajstić information content (AvgIpc) is 2.81. The standard InChI is InChI=1S/C13H22N4/c1-10-15-12(14-2)8-13(16-10)17(3)9-11-6-4-5-7-11/h8,11H,4-7,9H2,1-3H3,(H,14,15,16). The third-order valence-electron chi connectivity index (χ3n) is 3.48. The van der Waals surface area contributed by atoms with Crippen LogP contribution in [0.25, 0.3) is 0 Å². The van der Waals surface area contributed by atoms with Gasteiger partial charge in [0.1, 0.15) is 17.5 Å². The van der Waals surface area contributed by atoms with Gasteiger partial charge in [-0.2, -0.15) is 0 Å². The fraction of sp³-hybridized carbons (Fsp3) is 0.692. The zero-order valence-electron chi connectivity index (χ0n) is 11.0. The second-order valence-electron chi connectivity index (χ2n) is 4.94. The first kappa shape index (κ1) is 12.1. The molecule has 2 rings (SSSR count). The van der Waals surface area contributed by atoms with E-state index in [0.29, 0.717) is 0 Å². The first-order valence-corrected chi connectivity index (χ1v) is 6.43. The number of anilines is 2. The maximum absolute atomic E-state index is 4.50. The summed E-state index contributed by atoms with van der Waals surface area (Å²) in [7, 11) is 4.02. The van der Waals surface area contributed by atoms with Gasteiger partial charge in [-0.25, -0.2) is 9.97 Å². The van der Waals surface area contributed by atoms with E-state index in [0.717, 1.165) is 29.9 Å². The van der Waals surface area contributed by atoms with Gasteiger partial charge in [0.05, 0.1) is 0 Å². The maximum atomic E-state index is 4.50. The van der Waals surface area contributed by atoms with Crippen LogP contribution >= 0.6 is 0 Å². The highest BCUT2D eigenvalue weighted by Gasteiger charge is 2.17. The van der Waals surface area contributed by atoms with Gasteiger partial charge in [-0.1, -0.05) is 12.8 Å². The Morgan fingerprint density at radius 1 is 1.35 bits per heavy atom. The molecular formula is C13H22N4. The highest BCUT2D eigenvalue weighted by Crippen LogP contribution is 2.26. The Morgan fingerprint density at radius 2 is 2.06 bits per heavy atom. The molecule has 0 spiro atoms. The molecule has 0 unspecified atom stereocenters. The van der Waals surface area contributed by atoms with Crippen LogP contribution in [0.4, 0.5) is 11.6 Å².